The number of aryl methyl sites for hydroxylation is 1. The van der Waals surface area contributed by atoms with Crippen LogP contribution in [-0.4, -0.2) is 44.6 Å². The standard InChI is InChI=1S/C24H25N5O2/c1-28-16-20(15-25-28)18-6-4-17(5-7-18)13-19-14-22(27-29-10-2-3-23(19)29)24(30)26-21-8-11-31-12-9-21/h2-7,10,14-16,21H,8-9,11-13H2,1H3,(H,26,30). The van der Waals surface area contributed by atoms with Gasteiger partial charge in [0.2, 0.25) is 0 Å². The monoisotopic (exact) mass is 415 g/mol. The first-order valence-electron chi connectivity index (χ1n) is 10.6. The lowest BCUT2D eigenvalue weighted by atomic mass is 10.0. The second kappa shape index (κ2) is 8.35. The van der Waals surface area contributed by atoms with Gasteiger partial charge < -0.3 is 10.1 Å². The Hall–Kier alpha value is -3.45. The van der Waals surface area contributed by atoms with E-state index in [1.54, 1.807) is 9.20 Å². The summed E-state index contributed by atoms with van der Waals surface area (Å²) >= 11 is 0. The van der Waals surface area contributed by atoms with Crippen molar-refractivity contribution >= 4 is 11.4 Å². The number of fused-ring (bicyclic) bond motifs is 1. The van der Waals surface area contributed by atoms with Crippen LogP contribution in [0.3, 0.4) is 0 Å². The average Bonchev–Trinajstić information content (AvgIpc) is 3.44. The van der Waals surface area contributed by atoms with E-state index >= 15 is 0 Å². The van der Waals surface area contributed by atoms with Gasteiger partial charge in [-0.15, -0.1) is 0 Å². The summed E-state index contributed by atoms with van der Waals surface area (Å²) in [7, 11) is 1.92. The van der Waals surface area contributed by atoms with Crippen molar-refractivity contribution in [2.75, 3.05) is 13.2 Å². The lowest BCUT2D eigenvalue weighted by Gasteiger charge is -2.23. The summed E-state index contributed by atoms with van der Waals surface area (Å²) in [6, 6.07) is 14.5. The molecule has 1 saturated heterocycles. The van der Waals surface area contributed by atoms with Crippen LogP contribution in [0.5, 0.6) is 0 Å². The van der Waals surface area contributed by atoms with Crippen molar-refractivity contribution in [1.82, 2.24) is 24.7 Å². The number of nitrogens with one attached hydrogen (secondary N) is 1. The number of hydrogen-bond acceptors (Lipinski definition) is 4. The highest BCUT2D eigenvalue weighted by atomic mass is 16.5. The third-order valence-electron chi connectivity index (χ3n) is 5.76. The van der Waals surface area contributed by atoms with E-state index in [-0.39, 0.29) is 11.9 Å². The molecule has 0 spiro atoms. The molecule has 158 valence electrons. The highest BCUT2D eigenvalue weighted by Crippen LogP contribution is 2.22. The lowest BCUT2D eigenvalue weighted by molar-refractivity contribution is 0.0693. The van der Waals surface area contributed by atoms with E-state index in [0.29, 0.717) is 18.9 Å². The van der Waals surface area contributed by atoms with Gasteiger partial charge in [0.1, 0.15) is 5.69 Å². The third-order valence-corrected chi connectivity index (χ3v) is 5.76. The van der Waals surface area contributed by atoms with Crippen molar-refractivity contribution in [2.45, 2.75) is 25.3 Å². The molecule has 0 radical (unpaired) electrons. The van der Waals surface area contributed by atoms with Crippen LogP contribution in [0.1, 0.15) is 34.5 Å². The summed E-state index contributed by atoms with van der Waals surface area (Å²) in [4.78, 5) is 12.9. The molecule has 3 aromatic heterocycles. The van der Waals surface area contributed by atoms with E-state index in [4.69, 9.17) is 4.74 Å². The van der Waals surface area contributed by atoms with Gasteiger partial charge in [0.15, 0.2) is 0 Å². The smallest absolute Gasteiger partial charge is 0.271 e. The Morgan fingerprint density at radius 3 is 2.71 bits per heavy atom. The molecule has 1 fully saturated rings. The Kier molecular flexibility index (Phi) is 5.26. The predicted octanol–water partition coefficient (Wildman–Crippen LogP) is 3.23. The van der Waals surface area contributed by atoms with E-state index in [9.17, 15) is 4.79 Å². The third kappa shape index (κ3) is 4.22. The largest absolute Gasteiger partial charge is 0.381 e. The van der Waals surface area contributed by atoms with E-state index in [2.05, 4.69) is 39.8 Å². The maximum Gasteiger partial charge on any atom is 0.271 e. The molecule has 0 saturated carbocycles. The number of benzene rings is 1. The number of carbonyl (C=O) groups excluding carboxylic acids is 1. The van der Waals surface area contributed by atoms with Crippen LogP contribution >= 0.6 is 0 Å². The minimum absolute atomic E-state index is 0.129. The summed E-state index contributed by atoms with van der Waals surface area (Å²) < 4.78 is 8.97. The van der Waals surface area contributed by atoms with Gasteiger partial charge in [0.05, 0.1) is 11.7 Å². The van der Waals surface area contributed by atoms with Gasteiger partial charge in [-0.25, -0.2) is 4.52 Å². The van der Waals surface area contributed by atoms with Crippen LogP contribution in [0.4, 0.5) is 0 Å². The molecule has 1 aliphatic heterocycles. The molecule has 1 N–H and O–H groups in total. The number of hydrogen-bond donors (Lipinski definition) is 1. The van der Waals surface area contributed by atoms with E-state index in [1.165, 1.54) is 5.56 Å². The van der Waals surface area contributed by atoms with Gasteiger partial charge >= 0.3 is 0 Å². The molecule has 1 aromatic carbocycles. The quantitative estimate of drug-likeness (QED) is 0.543. The zero-order valence-corrected chi connectivity index (χ0v) is 17.5. The fraction of sp³-hybridized carbons (Fsp3) is 0.292. The maximum atomic E-state index is 12.9. The number of ether oxygens (including phenoxy) is 1. The summed E-state index contributed by atoms with van der Waals surface area (Å²) in [5.74, 6) is -0.129. The first kappa shape index (κ1) is 19.5. The molecule has 0 atom stereocenters. The van der Waals surface area contributed by atoms with Crippen LogP contribution in [-0.2, 0) is 18.2 Å². The summed E-state index contributed by atoms with van der Waals surface area (Å²) in [6.07, 6.45) is 8.16. The first-order valence-corrected chi connectivity index (χ1v) is 10.6. The molecule has 0 bridgehead atoms. The minimum atomic E-state index is -0.129. The van der Waals surface area contributed by atoms with Gasteiger partial charge in [-0.2, -0.15) is 10.2 Å². The molecule has 7 nitrogen and oxygen atoms in total. The molecule has 31 heavy (non-hydrogen) atoms. The van der Waals surface area contributed by atoms with Gasteiger partial charge in [0, 0.05) is 44.3 Å². The van der Waals surface area contributed by atoms with Crippen molar-refractivity contribution in [2.24, 2.45) is 7.05 Å². The molecule has 4 aromatic rings. The van der Waals surface area contributed by atoms with Gasteiger partial charge in [-0.1, -0.05) is 24.3 Å². The van der Waals surface area contributed by atoms with E-state index in [1.807, 2.05) is 43.8 Å². The molecule has 0 aliphatic carbocycles. The van der Waals surface area contributed by atoms with Crippen molar-refractivity contribution < 1.29 is 9.53 Å². The number of carbonyl (C=O) groups is 1. The summed E-state index contributed by atoms with van der Waals surface area (Å²) in [5.41, 5.74) is 5.94. The summed E-state index contributed by atoms with van der Waals surface area (Å²) in [5, 5.41) is 11.9. The normalized spacial score (nSPS) is 14.7. The van der Waals surface area contributed by atoms with Crippen LogP contribution in [0.25, 0.3) is 16.6 Å². The van der Waals surface area contributed by atoms with E-state index < -0.39 is 0 Å². The van der Waals surface area contributed by atoms with Crippen LogP contribution in [0.2, 0.25) is 0 Å². The number of nitrogens with zero attached hydrogens (tertiary/aromatic N) is 4. The molecule has 7 heteroatoms. The molecule has 1 aliphatic rings. The van der Waals surface area contributed by atoms with Crippen molar-refractivity contribution in [3.05, 3.63) is 77.9 Å². The number of amides is 1. The summed E-state index contributed by atoms with van der Waals surface area (Å²) in [6.45, 7) is 1.38. The highest BCUT2D eigenvalue weighted by molar-refractivity contribution is 5.93. The Balaban J connectivity index is 1.38. The Morgan fingerprint density at radius 2 is 1.97 bits per heavy atom. The molecular weight excluding hydrogens is 390 g/mol. The predicted molar refractivity (Wildman–Crippen MR) is 118 cm³/mol. The topological polar surface area (TPSA) is 73.5 Å². The van der Waals surface area contributed by atoms with Gasteiger partial charge in [0.25, 0.3) is 5.91 Å². The minimum Gasteiger partial charge on any atom is -0.381 e. The van der Waals surface area contributed by atoms with Crippen LogP contribution < -0.4 is 5.32 Å². The number of rotatable bonds is 5. The molecule has 1 amide bonds. The second-order valence-corrected chi connectivity index (χ2v) is 8.03. The highest BCUT2D eigenvalue weighted by Gasteiger charge is 2.19. The van der Waals surface area contributed by atoms with Crippen molar-refractivity contribution in [3.63, 3.8) is 0 Å². The number of aromatic nitrogens is 4. The average molecular weight is 415 g/mol. The molecule has 0 unspecified atom stereocenters. The fourth-order valence-corrected chi connectivity index (χ4v) is 4.06. The van der Waals surface area contributed by atoms with Crippen LogP contribution in [0, 0.1) is 0 Å². The first-order chi connectivity index (χ1) is 15.2. The second-order valence-electron chi connectivity index (χ2n) is 8.03. The maximum absolute atomic E-state index is 12.9. The van der Waals surface area contributed by atoms with Crippen molar-refractivity contribution in [1.29, 1.82) is 0 Å². The molecule has 4 heterocycles. The SMILES string of the molecule is Cn1cc(-c2ccc(Cc3cc(C(=O)NC4CCOCC4)nn4cccc34)cc2)cn1. The molecular formula is C24H25N5O2. The Morgan fingerprint density at radius 1 is 1.16 bits per heavy atom. The van der Waals surface area contributed by atoms with Crippen molar-refractivity contribution in [3.8, 4) is 11.1 Å². The zero-order chi connectivity index (χ0) is 21.2. The Bertz CT molecular complexity index is 1200. The lowest BCUT2D eigenvalue weighted by Crippen LogP contribution is -2.39. The zero-order valence-electron chi connectivity index (χ0n) is 17.5. The van der Waals surface area contributed by atoms with Gasteiger partial charge in [-0.05, 0) is 54.2 Å². The fourth-order valence-electron chi connectivity index (χ4n) is 4.06. The van der Waals surface area contributed by atoms with Gasteiger partial charge in [-0.3, -0.25) is 9.48 Å². The Labute approximate surface area is 180 Å². The van der Waals surface area contributed by atoms with Crippen LogP contribution in [0.15, 0.2) is 61.1 Å². The van der Waals surface area contributed by atoms with E-state index in [0.717, 1.165) is 41.5 Å². The molecule has 5 rings (SSSR count).